The summed E-state index contributed by atoms with van der Waals surface area (Å²) in [5, 5.41) is 2.75. The Labute approximate surface area is 132 Å². The van der Waals surface area contributed by atoms with Gasteiger partial charge in [0.25, 0.3) is 0 Å². The fourth-order valence-corrected chi connectivity index (χ4v) is 2.16. The summed E-state index contributed by atoms with van der Waals surface area (Å²) in [7, 11) is 0. The van der Waals surface area contributed by atoms with Crippen LogP contribution in [0.2, 0.25) is 0 Å². The summed E-state index contributed by atoms with van der Waals surface area (Å²) in [5.41, 5.74) is 1.98. The molecular weight excluding hydrogens is 299 g/mol. The van der Waals surface area contributed by atoms with Crippen LogP contribution in [0.25, 0.3) is 11.1 Å². The summed E-state index contributed by atoms with van der Waals surface area (Å²) in [4.78, 5) is 16.1. The second-order valence-electron chi connectivity index (χ2n) is 4.99. The summed E-state index contributed by atoms with van der Waals surface area (Å²) >= 11 is 0. The maximum absolute atomic E-state index is 13.4. The van der Waals surface area contributed by atoms with E-state index >= 15 is 0 Å². The van der Waals surface area contributed by atoms with Gasteiger partial charge in [-0.25, -0.2) is 9.37 Å². The highest BCUT2D eigenvalue weighted by molar-refractivity contribution is 5.92. The average molecular weight is 314 g/mol. The molecule has 5 nitrogen and oxygen atoms in total. The molecule has 0 bridgehead atoms. The van der Waals surface area contributed by atoms with Gasteiger partial charge >= 0.3 is 0 Å². The van der Waals surface area contributed by atoms with E-state index in [2.05, 4.69) is 10.3 Å². The van der Waals surface area contributed by atoms with Crippen LogP contribution < -0.4 is 10.1 Å². The summed E-state index contributed by atoms with van der Waals surface area (Å²) in [6.45, 7) is 1.86. The van der Waals surface area contributed by atoms with Crippen LogP contribution in [-0.2, 0) is 4.79 Å². The summed E-state index contributed by atoms with van der Waals surface area (Å²) in [6.07, 6.45) is 0.115. The Kier molecular flexibility index (Phi) is 4.23. The Morgan fingerprint density at radius 2 is 2.13 bits per heavy atom. The topological polar surface area (TPSA) is 64.4 Å². The fourth-order valence-electron chi connectivity index (χ4n) is 2.16. The van der Waals surface area contributed by atoms with Crippen molar-refractivity contribution in [1.29, 1.82) is 0 Å². The minimum atomic E-state index is -0.445. The molecule has 0 unspecified atom stereocenters. The Bertz CT molecular complexity index is 845. The van der Waals surface area contributed by atoms with Crippen molar-refractivity contribution < 1.29 is 18.3 Å². The monoisotopic (exact) mass is 314 g/mol. The van der Waals surface area contributed by atoms with Crippen LogP contribution in [0.5, 0.6) is 5.75 Å². The summed E-state index contributed by atoms with van der Waals surface area (Å²) in [6, 6.07) is 11.3. The van der Waals surface area contributed by atoms with E-state index < -0.39 is 5.82 Å². The van der Waals surface area contributed by atoms with E-state index in [-0.39, 0.29) is 24.7 Å². The number of benzene rings is 2. The zero-order valence-electron chi connectivity index (χ0n) is 12.5. The van der Waals surface area contributed by atoms with Crippen LogP contribution in [0.15, 0.2) is 46.9 Å². The van der Waals surface area contributed by atoms with E-state index in [0.29, 0.717) is 22.7 Å². The van der Waals surface area contributed by atoms with Crippen molar-refractivity contribution in [1.82, 2.24) is 4.98 Å². The number of rotatable bonds is 5. The summed E-state index contributed by atoms with van der Waals surface area (Å²) in [5.74, 6) is 0.0437. The van der Waals surface area contributed by atoms with Crippen molar-refractivity contribution in [2.45, 2.75) is 13.3 Å². The molecule has 3 aromatic rings. The second kappa shape index (κ2) is 6.48. The number of carbonyl (C=O) groups is 1. The van der Waals surface area contributed by atoms with Gasteiger partial charge in [0.15, 0.2) is 23.0 Å². The number of para-hydroxylation sites is 1. The average Bonchev–Trinajstić information content (AvgIpc) is 2.88. The first-order chi connectivity index (χ1) is 11.1. The Morgan fingerprint density at radius 3 is 2.96 bits per heavy atom. The Hall–Kier alpha value is -2.89. The smallest absolute Gasteiger partial charge is 0.227 e. The molecule has 1 N–H and O–H groups in total. The van der Waals surface area contributed by atoms with Crippen molar-refractivity contribution in [2.24, 2.45) is 0 Å². The molecule has 0 fully saturated rings. The number of fused-ring (bicyclic) bond motifs is 1. The fraction of sp³-hybridized carbons (Fsp3) is 0.176. The zero-order valence-corrected chi connectivity index (χ0v) is 12.5. The van der Waals surface area contributed by atoms with Crippen LogP contribution in [-0.4, -0.2) is 17.5 Å². The number of oxazole rings is 1. The molecule has 23 heavy (non-hydrogen) atoms. The number of halogens is 1. The van der Waals surface area contributed by atoms with Gasteiger partial charge in [-0.05, 0) is 30.3 Å². The zero-order chi connectivity index (χ0) is 16.2. The number of nitrogens with zero attached hydrogens (tertiary/aromatic N) is 1. The first-order valence-electron chi connectivity index (χ1n) is 7.16. The van der Waals surface area contributed by atoms with Crippen LogP contribution in [0, 0.1) is 12.7 Å². The highest BCUT2D eigenvalue weighted by Crippen LogP contribution is 2.20. The van der Waals surface area contributed by atoms with Crippen molar-refractivity contribution in [3.63, 3.8) is 0 Å². The largest absolute Gasteiger partial charge is 0.490 e. The number of amides is 1. The molecule has 0 aliphatic rings. The van der Waals surface area contributed by atoms with E-state index in [1.165, 1.54) is 12.1 Å². The number of aryl methyl sites for hydroxylation is 1. The molecular formula is C17H15FN2O3. The molecule has 1 aromatic heterocycles. The highest BCUT2D eigenvalue weighted by atomic mass is 19.1. The lowest BCUT2D eigenvalue weighted by molar-refractivity contribution is -0.116. The molecule has 0 aliphatic carbocycles. The van der Waals surface area contributed by atoms with Crippen molar-refractivity contribution in [3.8, 4) is 5.75 Å². The van der Waals surface area contributed by atoms with Crippen LogP contribution in [0.1, 0.15) is 12.3 Å². The van der Waals surface area contributed by atoms with Gasteiger partial charge in [-0.2, -0.15) is 0 Å². The molecule has 0 aliphatic heterocycles. The van der Waals surface area contributed by atoms with Gasteiger partial charge in [0.1, 0.15) is 5.52 Å². The molecule has 0 saturated heterocycles. The molecule has 118 valence electrons. The van der Waals surface area contributed by atoms with E-state index in [0.717, 1.165) is 0 Å². The normalized spacial score (nSPS) is 10.7. The van der Waals surface area contributed by atoms with Crippen LogP contribution >= 0.6 is 0 Å². The quantitative estimate of drug-likeness (QED) is 0.780. The van der Waals surface area contributed by atoms with Gasteiger partial charge in [0, 0.05) is 12.6 Å². The molecule has 0 radical (unpaired) electrons. The standard InChI is InChI=1S/C17H15FN2O3/c1-11-19-14-10-12(6-7-16(14)23-11)20-17(21)8-9-22-15-5-3-2-4-13(15)18/h2-7,10H,8-9H2,1H3,(H,20,21). The van der Waals surface area contributed by atoms with Crippen LogP contribution in [0.3, 0.4) is 0 Å². The maximum atomic E-state index is 13.4. The maximum Gasteiger partial charge on any atom is 0.227 e. The third kappa shape index (κ3) is 3.66. The number of hydrogen-bond donors (Lipinski definition) is 1. The lowest BCUT2D eigenvalue weighted by atomic mass is 10.2. The van der Waals surface area contributed by atoms with Crippen LogP contribution in [0.4, 0.5) is 10.1 Å². The van der Waals surface area contributed by atoms with Crippen molar-refractivity contribution in [2.75, 3.05) is 11.9 Å². The molecule has 1 heterocycles. The molecule has 0 spiro atoms. The molecule has 0 saturated carbocycles. The molecule has 1 amide bonds. The van der Waals surface area contributed by atoms with E-state index in [4.69, 9.17) is 9.15 Å². The van der Waals surface area contributed by atoms with E-state index in [1.54, 1.807) is 37.3 Å². The SMILES string of the molecule is Cc1nc2cc(NC(=O)CCOc3ccccc3F)ccc2o1. The van der Waals surface area contributed by atoms with Gasteiger partial charge in [-0.15, -0.1) is 0 Å². The minimum absolute atomic E-state index is 0.0953. The Morgan fingerprint density at radius 1 is 1.30 bits per heavy atom. The van der Waals surface area contributed by atoms with Crippen molar-refractivity contribution in [3.05, 3.63) is 54.2 Å². The van der Waals surface area contributed by atoms with E-state index in [9.17, 15) is 9.18 Å². The lowest BCUT2D eigenvalue weighted by Crippen LogP contribution is -2.15. The predicted molar refractivity (Wildman–Crippen MR) is 83.9 cm³/mol. The number of anilines is 1. The van der Waals surface area contributed by atoms with Gasteiger partial charge in [-0.3, -0.25) is 4.79 Å². The van der Waals surface area contributed by atoms with Gasteiger partial charge in [0.2, 0.25) is 5.91 Å². The molecule has 6 heteroatoms. The first-order valence-corrected chi connectivity index (χ1v) is 7.16. The molecule has 0 atom stereocenters. The molecule has 3 rings (SSSR count). The number of nitrogens with one attached hydrogen (secondary N) is 1. The van der Waals surface area contributed by atoms with Gasteiger partial charge in [-0.1, -0.05) is 12.1 Å². The number of hydrogen-bond acceptors (Lipinski definition) is 4. The van der Waals surface area contributed by atoms with Gasteiger partial charge in [0.05, 0.1) is 13.0 Å². The number of carbonyl (C=O) groups excluding carboxylic acids is 1. The lowest BCUT2D eigenvalue weighted by Gasteiger charge is -2.07. The third-order valence-electron chi connectivity index (χ3n) is 3.20. The second-order valence-corrected chi connectivity index (χ2v) is 4.99. The number of aromatic nitrogens is 1. The van der Waals surface area contributed by atoms with Crippen molar-refractivity contribution >= 4 is 22.7 Å². The Balaban J connectivity index is 1.55. The molecule has 2 aromatic carbocycles. The number of ether oxygens (including phenoxy) is 1. The minimum Gasteiger partial charge on any atom is -0.490 e. The van der Waals surface area contributed by atoms with Gasteiger partial charge < -0.3 is 14.5 Å². The predicted octanol–water partition coefficient (Wildman–Crippen LogP) is 3.68. The highest BCUT2D eigenvalue weighted by Gasteiger charge is 2.07. The third-order valence-corrected chi connectivity index (χ3v) is 3.20. The summed E-state index contributed by atoms with van der Waals surface area (Å²) < 4.78 is 24.0. The van der Waals surface area contributed by atoms with E-state index in [1.807, 2.05) is 0 Å². The first kappa shape index (κ1) is 15.0.